The molecule has 0 aliphatic heterocycles. The van der Waals surface area contributed by atoms with E-state index in [9.17, 15) is 14.4 Å². The zero-order valence-electron chi connectivity index (χ0n) is 15.7. The quantitative estimate of drug-likeness (QED) is 0.538. The lowest BCUT2D eigenvalue weighted by atomic mass is 10.2. The molecule has 146 valence electrons. The fraction of sp³-hybridized carbons (Fsp3) is 0.190. The highest BCUT2D eigenvalue weighted by Crippen LogP contribution is 2.16. The minimum Gasteiger partial charge on any atom is -0.496 e. The summed E-state index contributed by atoms with van der Waals surface area (Å²) in [6.45, 7) is 1.05. The van der Waals surface area contributed by atoms with E-state index < -0.39 is 24.4 Å². The largest absolute Gasteiger partial charge is 0.496 e. The maximum atomic E-state index is 12.3. The highest BCUT2D eigenvalue weighted by molar-refractivity contribution is 5.98. The molecule has 7 nitrogen and oxygen atoms in total. The van der Waals surface area contributed by atoms with E-state index in [1.165, 1.54) is 13.0 Å². The molecule has 0 aliphatic rings. The zero-order chi connectivity index (χ0) is 20.4. The number of nitrogens with one attached hydrogen (secondary N) is 2. The average molecular weight is 382 g/mol. The molecular weight excluding hydrogens is 360 g/mol. The van der Waals surface area contributed by atoms with Gasteiger partial charge in [0.25, 0.3) is 5.91 Å². The van der Waals surface area contributed by atoms with E-state index in [4.69, 9.17) is 9.47 Å². The van der Waals surface area contributed by atoms with Gasteiger partial charge in [-0.1, -0.05) is 48.5 Å². The van der Waals surface area contributed by atoms with Gasteiger partial charge in [0.2, 0.25) is 5.91 Å². The average Bonchev–Trinajstić information content (AvgIpc) is 2.70. The molecule has 2 rings (SSSR count). The van der Waals surface area contributed by atoms with E-state index in [0.717, 1.165) is 5.56 Å². The fourth-order valence-electron chi connectivity index (χ4n) is 2.35. The first-order valence-corrected chi connectivity index (χ1v) is 8.59. The number of methoxy groups -OCH3 is 1. The Hall–Kier alpha value is -3.61. The molecule has 2 aromatic rings. The minimum atomic E-state index is -0.800. The lowest BCUT2D eigenvalue weighted by Gasteiger charge is -2.11. The summed E-state index contributed by atoms with van der Waals surface area (Å²) in [7, 11) is 1.55. The van der Waals surface area contributed by atoms with Gasteiger partial charge >= 0.3 is 5.97 Å². The highest BCUT2D eigenvalue weighted by atomic mass is 16.5. The van der Waals surface area contributed by atoms with E-state index in [0.29, 0.717) is 11.3 Å². The summed E-state index contributed by atoms with van der Waals surface area (Å²) < 4.78 is 10.2. The predicted molar refractivity (Wildman–Crippen MR) is 104 cm³/mol. The van der Waals surface area contributed by atoms with E-state index in [1.54, 1.807) is 37.4 Å². The van der Waals surface area contributed by atoms with Crippen LogP contribution in [-0.4, -0.2) is 31.5 Å². The van der Waals surface area contributed by atoms with Crippen molar-refractivity contribution in [3.8, 4) is 5.75 Å². The number of carbonyl (C=O) groups excluding carboxylic acids is 3. The van der Waals surface area contributed by atoms with Crippen molar-refractivity contribution in [3.05, 3.63) is 71.4 Å². The number of rotatable bonds is 8. The van der Waals surface area contributed by atoms with Crippen molar-refractivity contribution in [2.24, 2.45) is 0 Å². The molecule has 0 radical (unpaired) electrons. The second kappa shape index (κ2) is 10.5. The standard InChI is InChI=1S/C21H22N2O5/c1-15(24)23-18(12-16-8-4-3-5-9-16)21(26)28-14-20(25)22-13-17-10-6-7-11-19(17)27-2/h3-12H,13-14H2,1-2H3,(H,22,25)(H,23,24)/b18-12-. The van der Waals surface area contributed by atoms with Gasteiger partial charge in [-0.2, -0.15) is 0 Å². The van der Waals surface area contributed by atoms with Crippen LogP contribution in [0.3, 0.4) is 0 Å². The van der Waals surface area contributed by atoms with Gasteiger partial charge in [0.05, 0.1) is 7.11 Å². The van der Waals surface area contributed by atoms with Crippen LogP contribution in [0.4, 0.5) is 0 Å². The first kappa shape index (κ1) is 20.7. The van der Waals surface area contributed by atoms with Crippen LogP contribution in [0.15, 0.2) is 60.3 Å². The van der Waals surface area contributed by atoms with E-state index in [1.807, 2.05) is 24.3 Å². The van der Waals surface area contributed by atoms with Crippen LogP contribution in [0.25, 0.3) is 6.08 Å². The van der Waals surface area contributed by atoms with Crippen molar-refractivity contribution < 1.29 is 23.9 Å². The molecule has 0 bridgehead atoms. The molecule has 0 unspecified atom stereocenters. The molecule has 0 fully saturated rings. The topological polar surface area (TPSA) is 93.7 Å². The summed E-state index contributed by atoms with van der Waals surface area (Å²) in [5.41, 5.74) is 1.47. The summed E-state index contributed by atoms with van der Waals surface area (Å²) in [5.74, 6) is -1.04. The van der Waals surface area contributed by atoms with Crippen molar-refractivity contribution in [1.29, 1.82) is 0 Å². The van der Waals surface area contributed by atoms with Crippen LogP contribution in [0.5, 0.6) is 5.75 Å². The second-order valence-corrected chi connectivity index (χ2v) is 5.81. The molecule has 0 spiro atoms. The maximum absolute atomic E-state index is 12.3. The molecule has 0 heterocycles. The van der Waals surface area contributed by atoms with Crippen molar-refractivity contribution in [1.82, 2.24) is 10.6 Å². The van der Waals surface area contributed by atoms with Crippen LogP contribution in [-0.2, 0) is 25.7 Å². The number of benzene rings is 2. The monoisotopic (exact) mass is 382 g/mol. The molecule has 7 heteroatoms. The second-order valence-electron chi connectivity index (χ2n) is 5.81. The van der Waals surface area contributed by atoms with Gasteiger partial charge in [-0.15, -0.1) is 0 Å². The Morgan fingerprint density at radius 1 is 1.00 bits per heavy atom. The van der Waals surface area contributed by atoms with Crippen molar-refractivity contribution in [2.45, 2.75) is 13.5 Å². The Labute approximate surface area is 163 Å². The summed E-state index contributed by atoms with van der Waals surface area (Å²) in [5, 5.41) is 5.08. The first-order chi connectivity index (χ1) is 13.5. The number of amides is 2. The Morgan fingerprint density at radius 3 is 2.36 bits per heavy atom. The normalized spacial score (nSPS) is 10.7. The number of ether oxygens (including phenoxy) is 2. The third kappa shape index (κ3) is 6.60. The lowest BCUT2D eigenvalue weighted by Crippen LogP contribution is -2.31. The lowest BCUT2D eigenvalue weighted by molar-refractivity contribution is -0.145. The SMILES string of the molecule is COc1ccccc1CNC(=O)COC(=O)/C(=C/c1ccccc1)NC(C)=O. The molecule has 2 aromatic carbocycles. The van der Waals surface area contributed by atoms with Gasteiger partial charge < -0.3 is 20.1 Å². The molecule has 0 atom stereocenters. The molecule has 28 heavy (non-hydrogen) atoms. The molecule has 0 saturated carbocycles. The number of carbonyl (C=O) groups is 3. The molecule has 2 N–H and O–H groups in total. The van der Waals surface area contributed by atoms with Crippen molar-refractivity contribution in [3.63, 3.8) is 0 Å². The van der Waals surface area contributed by atoms with E-state index >= 15 is 0 Å². The Bertz CT molecular complexity index is 862. The Kier molecular flexibility index (Phi) is 7.77. The van der Waals surface area contributed by atoms with E-state index in [2.05, 4.69) is 10.6 Å². The Balaban J connectivity index is 1.93. The molecular formula is C21H22N2O5. The van der Waals surface area contributed by atoms with Crippen LogP contribution in [0, 0.1) is 0 Å². The summed E-state index contributed by atoms with van der Waals surface area (Å²) in [6.07, 6.45) is 1.48. The molecule has 0 aliphatic carbocycles. The summed E-state index contributed by atoms with van der Waals surface area (Å²) in [4.78, 5) is 35.6. The summed E-state index contributed by atoms with van der Waals surface area (Å²) in [6, 6.07) is 16.2. The van der Waals surface area contributed by atoms with Crippen LogP contribution in [0.1, 0.15) is 18.1 Å². The Morgan fingerprint density at radius 2 is 1.68 bits per heavy atom. The van der Waals surface area contributed by atoms with Crippen LogP contribution >= 0.6 is 0 Å². The van der Waals surface area contributed by atoms with Gasteiger partial charge in [-0.25, -0.2) is 4.79 Å². The smallest absolute Gasteiger partial charge is 0.355 e. The number of para-hydroxylation sites is 1. The fourth-order valence-corrected chi connectivity index (χ4v) is 2.35. The van der Waals surface area contributed by atoms with E-state index in [-0.39, 0.29) is 12.2 Å². The molecule has 2 amide bonds. The van der Waals surface area contributed by atoms with Crippen LogP contribution < -0.4 is 15.4 Å². The number of hydrogen-bond donors (Lipinski definition) is 2. The predicted octanol–water partition coefficient (Wildman–Crippen LogP) is 2.03. The van der Waals surface area contributed by atoms with Gasteiger partial charge in [0.15, 0.2) is 6.61 Å². The van der Waals surface area contributed by atoms with Crippen molar-refractivity contribution >= 4 is 23.9 Å². The third-order valence-corrected chi connectivity index (χ3v) is 3.64. The minimum absolute atomic E-state index is 0.0452. The maximum Gasteiger partial charge on any atom is 0.355 e. The molecule has 0 aromatic heterocycles. The van der Waals surface area contributed by atoms with Gasteiger partial charge in [-0.05, 0) is 17.7 Å². The highest BCUT2D eigenvalue weighted by Gasteiger charge is 2.15. The first-order valence-electron chi connectivity index (χ1n) is 8.59. The van der Waals surface area contributed by atoms with Crippen molar-refractivity contribution in [2.75, 3.05) is 13.7 Å². The zero-order valence-corrected chi connectivity index (χ0v) is 15.7. The van der Waals surface area contributed by atoms with Gasteiger partial charge in [0.1, 0.15) is 11.4 Å². The molecule has 0 saturated heterocycles. The van der Waals surface area contributed by atoms with Gasteiger partial charge in [0, 0.05) is 19.0 Å². The number of hydrogen-bond acceptors (Lipinski definition) is 5. The number of esters is 1. The van der Waals surface area contributed by atoms with Crippen LogP contribution in [0.2, 0.25) is 0 Å². The summed E-state index contributed by atoms with van der Waals surface area (Å²) >= 11 is 0. The van der Waals surface area contributed by atoms with Gasteiger partial charge in [-0.3, -0.25) is 9.59 Å². The third-order valence-electron chi connectivity index (χ3n) is 3.64.